The third kappa shape index (κ3) is 5.11. The Morgan fingerprint density at radius 2 is 2.16 bits per heavy atom. The molecule has 0 saturated carbocycles. The van der Waals surface area contributed by atoms with Gasteiger partial charge in [-0.3, -0.25) is 9.59 Å². The van der Waals surface area contributed by atoms with Gasteiger partial charge in [0.1, 0.15) is 11.8 Å². The molecule has 0 bridgehead atoms. The number of nitrogens with zero attached hydrogens (tertiary/aromatic N) is 1. The zero-order valence-electron chi connectivity index (χ0n) is 14.1. The van der Waals surface area contributed by atoms with Crippen molar-refractivity contribution in [2.75, 3.05) is 11.4 Å². The standard InChI is InChI=1S/C17H21F3N2O3/c1-3-5-11(2)15(23)21-14-8-9-22(16(14)24)12-6-4-7-13(10-12)25-17(18,19)20/h4,6-7,10-11,14H,3,5,8-9H2,1-2H3,(H,21,23). The molecule has 2 rings (SSSR count). The predicted molar refractivity (Wildman–Crippen MR) is 86.1 cm³/mol. The van der Waals surface area contributed by atoms with Crippen molar-refractivity contribution in [2.24, 2.45) is 5.92 Å². The second-order valence-electron chi connectivity index (χ2n) is 6.07. The molecule has 1 aromatic carbocycles. The first-order valence-corrected chi connectivity index (χ1v) is 8.19. The molecule has 1 N–H and O–H groups in total. The molecule has 0 aliphatic carbocycles. The molecule has 2 unspecified atom stereocenters. The van der Waals surface area contributed by atoms with Crippen LogP contribution < -0.4 is 15.0 Å². The van der Waals surface area contributed by atoms with Gasteiger partial charge in [-0.05, 0) is 25.0 Å². The van der Waals surface area contributed by atoms with Gasteiger partial charge in [-0.2, -0.15) is 0 Å². The van der Waals surface area contributed by atoms with Crippen molar-refractivity contribution in [1.29, 1.82) is 0 Å². The average molecular weight is 358 g/mol. The summed E-state index contributed by atoms with van der Waals surface area (Å²) in [4.78, 5) is 25.9. The van der Waals surface area contributed by atoms with E-state index in [1.165, 1.54) is 23.1 Å². The molecule has 25 heavy (non-hydrogen) atoms. The summed E-state index contributed by atoms with van der Waals surface area (Å²) >= 11 is 0. The number of anilines is 1. The molecule has 1 aliphatic heterocycles. The highest BCUT2D eigenvalue weighted by molar-refractivity contribution is 6.01. The number of alkyl halides is 3. The van der Waals surface area contributed by atoms with Crippen LogP contribution in [0.1, 0.15) is 33.1 Å². The second kappa shape index (κ2) is 7.76. The summed E-state index contributed by atoms with van der Waals surface area (Å²) in [5, 5.41) is 2.72. The lowest BCUT2D eigenvalue weighted by atomic mass is 10.0. The molecule has 5 nitrogen and oxygen atoms in total. The number of nitrogens with one attached hydrogen (secondary N) is 1. The van der Waals surface area contributed by atoms with Crippen LogP contribution in [-0.2, 0) is 9.59 Å². The van der Waals surface area contributed by atoms with Gasteiger partial charge in [0.15, 0.2) is 0 Å². The molecule has 1 aliphatic rings. The number of carbonyl (C=O) groups is 2. The van der Waals surface area contributed by atoms with Crippen LogP contribution in [0.5, 0.6) is 5.75 Å². The van der Waals surface area contributed by atoms with Crippen LogP contribution in [0.4, 0.5) is 18.9 Å². The van der Waals surface area contributed by atoms with Crippen molar-refractivity contribution in [3.63, 3.8) is 0 Å². The zero-order chi connectivity index (χ0) is 18.6. The molecular formula is C17H21F3N2O3. The van der Waals surface area contributed by atoms with Gasteiger partial charge in [-0.15, -0.1) is 13.2 Å². The summed E-state index contributed by atoms with van der Waals surface area (Å²) in [6, 6.07) is 4.60. The third-order valence-corrected chi connectivity index (χ3v) is 4.05. The van der Waals surface area contributed by atoms with Crippen molar-refractivity contribution >= 4 is 17.5 Å². The summed E-state index contributed by atoms with van der Waals surface area (Å²) < 4.78 is 40.8. The fourth-order valence-electron chi connectivity index (χ4n) is 2.80. The predicted octanol–water partition coefficient (Wildman–Crippen LogP) is 3.24. The van der Waals surface area contributed by atoms with E-state index in [0.29, 0.717) is 18.7 Å². The van der Waals surface area contributed by atoms with Crippen molar-refractivity contribution < 1.29 is 27.5 Å². The average Bonchev–Trinajstić information content (AvgIpc) is 2.87. The van der Waals surface area contributed by atoms with E-state index in [1.54, 1.807) is 6.92 Å². The van der Waals surface area contributed by atoms with Crippen LogP contribution in [0.2, 0.25) is 0 Å². The van der Waals surface area contributed by atoms with E-state index in [-0.39, 0.29) is 23.5 Å². The van der Waals surface area contributed by atoms with E-state index in [4.69, 9.17) is 0 Å². The highest BCUT2D eigenvalue weighted by Crippen LogP contribution is 2.29. The Morgan fingerprint density at radius 1 is 1.44 bits per heavy atom. The van der Waals surface area contributed by atoms with E-state index in [0.717, 1.165) is 18.9 Å². The van der Waals surface area contributed by atoms with Crippen molar-refractivity contribution in [1.82, 2.24) is 5.32 Å². The molecule has 1 aromatic rings. The monoisotopic (exact) mass is 358 g/mol. The van der Waals surface area contributed by atoms with Crippen LogP contribution >= 0.6 is 0 Å². The van der Waals surface area contributed by atoms with Crippen LogP contribution in [-0.4, -0.2) is 30.8 Å². The molecule has 138 valence electrons. The Balaban J connectivity index is 2.04. The highest BCUT2D eigenvalue weighted by Gasteiger charge is 2.35. The number of amides is 2. The molecule has 1 saturated heterocycles. The summed E-state index contributed by atoms with van der Waals surface area (Å²) in [6.45, 7) is 4.09. The first-order valence-electron chi connectivity index (χ1n) is 8.19. The van der Waals surface area contributed by atoms with Gasteiger partial charge in [-0.25, -0.2) is 0 Å². The lowest BCUT2D eigenvalue weighted by Crippen LogP contribution is -2.43. The third-order valence-electron chi connectivity index (χ3n) is 4.05. The largest absolute Gasteiger partial charge is 0.573 e. The number of benzene rings is 1. The topological polar surface area (TPSA) is 58.6 Å². The Bertz CT molecular complexity index is 634. The molecule has 8 heteroatoms. The van der Waals surface area contributed by atoms with E-state index in [9.17, 15) is 22.8 Å². The summed E-state index contributed by atoms with van der Waals surface area (Å²) in [5.41, 5.74) is 0.310. The van der Waals surface area contributed by atoms with Gasteiger partial charge in [0, 0.05) is 24.2 Å². The fourth-order valence-corrected chi connectivity index (χ4v) is 2.80. The first-order chi connectivity index (χ1) is 11.7. The number of carbonyl (C=O) groups excluding carboxylic acids is 2. The SMILES string of the molecule is CCCC(C)C(=O)NC1CCN(c2cccc(OC(F)(F)F)c2)C1=O. The van der Waals surface area contributed by atoms with Crippen molar-refractivity contribution in [3.8, 4) is 5.75 Å². The van der Waals surface area contributed by atoms with Crippen LogP contribution in [0.3, 0.4) is 0 Å². The van der Waals surface area contributed by atoms with Gasteiger partial charge < -0.3 is 15.0 Å². The van der Waals surface area contributed by atoms with Crippen molar-refractivity contribution in [2.45, 2.75) is 45.5 Å². The van der Waals surface area contributed by atoms with E-state index >= 15 is 0 Å². The Hall–Kier alpha value is -2.25. The summed E-state index contributed by atoms with van der Waals surface area (Å²) in [5.74, 6) is -1.09. The normalized spacial score (nSPS) is 19.0. The lowest BCUT2D eigenvalue weighted by molar-refractivity contribution is -0.274. The number of ether oxygens (including phenoxy) is 1. The quantitative estimate of drug-likeness (QED) is 0.849. The van der Waals surface area contributed by atoms with E-state index in [1.807, 2.05) is 6.92 Å². The zero-order valence-corrected chi connectivity index (χ0v) is 14.1. The Morgan fingerprint density at radius 3 is 2.80 bits per heavy atom. The van der Waals surface area contributed by atoms with Gasteiger partial charge in [0.25, 0.3) is 0 Å². The summed E-state index contributed by atoms with van der Waals surface area (Å²) in [7, 11) is 0. The molecule has 1 heterocycles. The molecule has 0 radical (unpaired) electrons. The van der Waals surface area contributed by atoms with E-state index < -0.39 is 12.4 Å². The van der Waals surface area contributed by atoms with Gasteiger partial charge in [-0.1, -0.05) is 26.3 Å². The van der Waals surface area contributed by atoms with Gasteiger partial charge in [0.2, 0.25) is 11.8 Å². The second-order valence-corrected chi connectivity index (χ2v) is 6.07. The van der Waals surface area contributed by atoms with Gasteiger partial charge >= 0.3 is 6.36 Å². The molecule has 2 amide bonds. The number of hydrogen-bond donors (Lipinski definition) is 1. The van der Waals surface area contributed by atoms with Gasteiger partial charge in [0.05, 0.1) is 0 Å². The molecule has 0 spiro atoms. The minimum absolute atomic E-state index is 0.184. The minimum Gasteiger partial charge on any atom is -0.406 e. The minimum atomic E-state index is -4.79. The van der Waals surface area contributed by atoms with Crippen LogP contribution in [0, 0.1) is 5.92 Å². The van der Waals surface area contributed by atoms with Crippen molar-refractivity contribution in [3.05, 3.63) is 24.3 Å². The maximum absolute atomic E-state index is 12.5. The maximum atomic E-state index is 12.5. The maximum Gasteiger partial charge on any atom is 0.573 e. The Kier molecular flexibility index (Phi) is 5.92. The number of halogens is 3. The molecule has 2 atom stereocenters. The Labute approximate surface area is 144 Å². The smallest absolute Gasteiger partial charge is 0.406 e. The van der Waals surface area contributed by atoms with Crippen LogP contribution in [0.15, 0.2) is 24.3 Å². The summed E-state index contributed by atoms with van der Waals surface area (Å²) in [6.07, 6.45) is -2.79. The molecule has 1 fully saturated rings. The highest BCUT2D eigenvalue weighted by atomic mass is 19.4. The number of rotatable bonds is 6. The number of hydrogen-bond acceptors (Lipinski definition) is 3. The molecular weight excluding hydrogens is 337 g/mol. The fraction of sp³-hybridized carbons (Fsp3) is 0.529. The first kappa shape index (κ1) is 19.1. The van der Waals surface area contributed by atoms with Crippen LogP contribution in [0.25, 0.3) is 0 Å². The van der Waals surface area contributed by atoms with E-state index in [2.05, 4.69) is 10.1 Å². The molecule has 0 aromatic heterocycles. The lowest BCUT2D eigenvalue weighted by Gasteiger charge is -2.19.